The fourth-order valence-electron chi connectivity index (χ4n) is 5.68. The van der Waals surface area contributed by atoms with Crippen LogP contribution < -0.4 is 14.5 Å². The molecule has 0 amide bonds. The van der Waals surface area contributed by atoms with Crippen molar-refractivity contribution in [3.8, 4) is 11.5 Å². The van der Waals surface area contributed by atoms with Crippen LogP contribution in [0, 0.1) is 0 Å². The molecule has 6 heteroatoms. The summed E-state index contributed by atoms with van der Waals surface area (Å²) in [4.78, 5) is 9.10. The third-order valence-electron chi connectivity index (χ3n) is 8.16. The zero-order chi connectivity index (χ0) is 26.7. The van der Waals surface area contributed by atoms with Gasteiger partial charge in [0.15, 0.2) is 11.3 Å². The van der Waals surface area contributed by atoms with Crippen molar-refractivity contribution in [3.63, 3.8) is 0 Å². The third-order valence-corrected chi connectivity index (χ3v) is 8.16. The predicted octanol–water partition coefficient (Wildman–Crippen LogP) is 7.83. The van der Waals surface area contributed by atoms with Gasteiger partial charge in [-0.2, -0.15) is 0 Å². The molecule has 3 heterocycles. The lowest BCUT2D eigenvalue weighted by Gasteiger charge is -2.47. The highest BCUT2D eigenvalue weighted by molar-refractivity contribution is 6.08. The first kappa shape index (κ1) is 23.7. The Hall–Kier alpha value is -4.42. The van der Waals surface area contributed by atoms with E-state index < -0.39 is 0 Å². The van der Waals surface area contributed by atoms with Gasteiger partial charge in [0, 0.05) is 65.0 Å². The summed E-state index contributed by atoms with van der Waals surface area (Å²) in [6.07, 6.45) is 4.16. The number of furan rings is 1. The molecule has 0 fully saturated rings. The maximum atomic E-state index is 6.64. The summed E-state index contributed by atoms with van der Waals surface area (Å²) in [6, 6.07) is 29.5. The molecule has 0 saturated heterocycles. The Morgan fingerprint density at radius 1 is 0.769 bits per heavy atom. The normalized spacial score (nSPS) is 16.9. The Balaban J connectivity index is 1.37. The zero-order valence-electron chi connectivity index (χ0n) is 22.8. The summed E-state index contributed by atoms with van der Waals surface area (Å²) in [7, 11) is 4.25. The van der Waals surface area contributed by atoms with Crippen molar-refractivity contribution >= 4 is 39.0 Å². The maximum absolute atomic E-state index is 6.64. The van der Waals surface area contributed by atoms with Crippen molar-refractivity contribution in [2.24, 2.45) is 0 Å². The molecular weight excluding hydrogens is 484 g/mol. The van der Waals surface area contributed by atoms with Gasteiger partial charge in [0.05, 0.1) is 13.3 Å². The summed E-state index contributed by atoms with van der Waals surface area (Å²) in [5.74, 6) is 1.47. The van der Waals surface area contributed by atoms with Gasteiger partial charge in [-0.3, -0.25) is 4.90 Å². The van der Waals surface area contributed by atoms with E-state index in [9.17, 15) is 0 Å². The first-order valence-corrected chi connectivity index (χ1v) is 13.4. The molecule has 2 aliphatic rings. The number of rotatable bonds is 4. The van der Waals surface area contributed by atoms with E-state index in [4.69, 9.17) is 9.15 Å². The number of para-hydroxylation sites is 2. The largest absolute Gasteiger partial charge is 0.453 e. The average Bonchev–Trinajstić information content (AvgIpc) is 3.55. The fraction of sp³-hybridized carbons (Fsp3) is 0.212. The second-order valence-corrected chi connectivity index (χ2v) is 11.0. The van der Waals surface area contributed by atoms with Gasteiger partial charge in [0.2, 0.25) is 0 Å². The topological polar surface area (TPSA) is 35.3 Å². The second kappa shape index (κ2) is 8.82. The van der Waals surface area contributed by atoms with Gasteiger partial charge in [-0.05, 0) is 56.8 Å². The molecular formula is C33H32N4O2. The number of benzene rings is 4. The van der Waals surface area contributed by atoms with E-state index >= 15 is 0 Å². The molecule has 2 aliphatic heterocycles. The molecule has 0 saturated carbocycles. The summed E-state index contributed by atoms with van der Waals surface area (Å²) in [5.41, 5.74) is 6.20. The van der Waals surface area contributed by atoms with Gasteiger partial charge in [-0.15, -0.1) is 0 Å². The van der Waals surface area contributed by atoms with Gasteiger partial charge < -0.3 is 23.9 Å². The van der Waals surface area contributed by atoms with E-state index in [0.29, 0.717) is 5.75 Å². The highest BCUT2D eigenvalue weighted by Crippen LogP contribution is 2.46. The van der Waals surface area contributed by atoms with E-state index in [-0.39, 0.29) is 5.54 Å². The molecule has 39 heavy (non-hydrogen) atoms. The third kappa shape index (κ3) is 3.91. The number of hydrogen-bond acceptors (Lipinski definition) is 6. The van der Waals surface area contributed by atoms with Crippen LogP contribution in [-0.4, -0.2) is 37.2 Å². The minimum absolute atomic E-state index is 0.0720. The van der Waals surface area contributed by atoms with Gasteiger partial charge >= 0.3 is 0 Å². The van der Waals surface area contributed by atoms with Crippen molar-refractivity contribution in [1.82, 2.24) is 9.80 Å². The maximum Gasteiger partial charge on any atom is 0.178 e. The van der Waals surface area contributed by atoms with Crippen LogP contribution in [0.3, 0.4) is 0 Å². The molecule has 6 nitrogen and oxygen atoms in total. The quantitative estimate of drug-likeness (QED) is 0.242. The predicted molar refractivity (Wildman–Crippen MR) is 159 cm³/mol. The summed E-state index contributed by atoms with van der Waals surface area (Å²) in [5, 5.41) is 2.13. The molecule has 5 aromatic rings. The van der Waals surface area contributed by atoms with Crippen molar-refractivity contribution in [3.05, 3.63) is 103 Å². The van der Waals surface area contributed by atoms with E-state index in [1.165, 1.54) is 11.3 Å². The fourth-order valence-corrected chi connectivity index (χ4v) is 5.68. The van der Waals surface area contributed by atoms with Crippen LogP contribution in [0.25, 0.3) is 21.9 Å². The van der Waals surface area contributed by atoms with Gasteiger partial charge in [0.1, 0.15) is 11.3 Å². The lowest BCUT2D eigenvalue weighted by atomic mass is 9.88. The SMILES string of the molecule is CN1C=CN(c2cccc(Oc3cc(N4CN(C)C(C)(C)c5ccccc54)cc4c3oc3ccccc34)c2)C1. The lowest BCUT2D eigenvalue weighted by Crippen LogP contribution is -2.49. The number of anilines is 3. The standard InChI is InChI=1S/C33H32N4O2/c1-33(2)28-13-6-7-14-29(28)37(22-35(33)4)24-19-27-26-12-5-8-15-30(26)39-32(27)31(20-24)38-25-11-9-10-23(18-25)36-17-16-34(3)21-36/h5-20H,21-22H2,1-4H3. The molecule has 0 spiro atoms. The van der Waals surface area contributed by atoms with Crippen LogP contribution in [-0.2, 0) is 5.54 Å². The highest BCUT2D eigenvalue weighted by atomic mass is 16.5. The minimum Gasteiger partial charge on any atom is -0.453 e. The Kier molecular flexibility index (Phi) is 5.35. The molecule has 196 valence electrons. The molecule has 0 N–H and O–H groups in total. The van der Waals surface area contributed by atoms with Crippen molar-refractivity contribution < 1.29 is 9.15 Å². The number of hydrogen-bond donors (Lipinski definition) is 0. The molecule has 0 unspecified atom stereocenters. The van der Waals surface area contributed by atoms with Crippen LogP contribution in [0.15, 0.2) is 102 Å². The zero-order valence-corrected chi connectivity index (χ0v) is 22.8. The monoisotopic (exact) mass is 516 g/mol. The summed E-state index contributed by atoms with van der Waals surface area (Å²) in [6.45, 7) is 6.13. The van der Waals surface area contributed by atoms with Crippen LogP contribution in [0.2, 0.25) is 0 Å². The van der Waals surface area contributed by atoms with E-state index in [1.54, 1.807) is 0 Å². The van der Waals surface area contributed by atoms with E-state index in [1.807, 2.05) is 24.3 Å². The first-order valence-electron chi connectivity index (χ1n) is 13.4. The first-order chi connectivity index (χ1) is 18.9. The Morgan fingerprint density at radius 3 is 2.44 bits per heavy atom. The van der Waals surface area contributed by atoms with Crippen molar-refractivity contribution in [1.29, 1.82) is 0 Å². The number of ether oxygens (including phenoxy) is 1. The van der Waals surface area contributed by atoms with Crippen LogP contribution >= 0.6 is 0 Å². The molecule has 0 bridgehead atoms. The smallest absolute Gasteiger partial charge is 0.178 e. The molecule has 7 rings (SSSR count). The Bertz CT molecular complexity index is 1740. The summed E-state index contributed by atoms with van der Waals surface area (Å²) < 4.78 is 13.0. The minimum atomic E-state index is -0.0720. The number of nitrogens with zero attached hydrogens (tertiary/aromatic N) is 4. The van der Waals surface area contributed by atoms with Crippen LogP contribution in [0.1, 0.15) is 19.4 Å². The Morgan fingerprint density at radius 2 is 1.59 bits per heavy atom. The van der Waals surface area contributed by atoms with E-state index in [2.05, 4.69) is 121 Å². The molecule has 0 atom stereocenters. The van der Waals surface area contributed by atoms with Crippen molar-refractivity contribution in [2.75, 3.05) is 37.2 Å². The second-order valence-electron chi connectivity index (χ2n) is 11.0. The molecule has 0 radical (unpaired) electrons. The van der Waals surface area contributed by atoms with E-state index in [0.717, 1.165) is 52.4 Å². The molecule has 1 aromatic heterocycles. The van der Waals surface area contributed by atoms with Crippen LogP contribution in [0.5, 0.6) is 11.5 Å². The highest BCUT2D eigenvalue weighted by Gasteiger charge is 2.36. The van der Waals surface area contributed by atoms with Crippen LogP contribution in [0.4, 0.5) is 17.1 Å². The number of fused-ring (bicyclic) bond motifs is 4. The van der Waals surface area contributed by atoms with Gasteiger partial charge in [0.25, 0.3) is 0 Å². The average molecular weight is 517 g/mol. The molecule has 4 aromatic carbocycles. The lowest BCUT2D eigenvalue weighted by molar-refractivity contribution is 0.150. The van der Waals surface area contributed by atoms with Crippen molar-refractivity contribution in [2.45, 2.75) is 19.4 Å². The van der Waals surface area contributed by atoms with Gasteiger partial charge in [-0.1, -0.05) is 42.5 Å². The Labute approximate surface area is 228 Å². The summed E-state index contributed by atoms with van der Waals surface area (Å²) >= 11 is 0. The molecule has 0 aliphatic carbocycles. The van der Waals surface area contributed by atoms with Gasteiger partial charge in [-0.25, -0.2) is 0 Å².